The Kier molecular flexibility index (Phi) is 4.83. The van der Waals surface area contributed by atoms with Crippen molar-refractivity contribution in [1.82, 2.24) is 5.32 Å². The number of amides is 2. The number of halogens is 1. The molecule has 0 saturated heterocycles. The number of hydrogen-bond acceptors (Lipinski definition) is 2. The molecule has 4 nitrogen and oxygen atoms in total. The number of carbonyl (C=O) groups is 2. The van der Waals surface area contributed by atoms with Gasteiger partial charge >= 0.3 is 0 Å². The molecular formula is C20H21FN2O2. The van der Waals surface area contributed by atoms with Crippen LogP contribution in [0.2, 0.25) is 0 Å². The Balaban J connectivity index is 1.76. The van der Waals surface area contributed by atoms with E-state index in [2.05, 4.69) is 5.32 Å². The molecule has 0 radical (unpaired) electrons. The standard InChI is InChI=1S/C20H21FN2O2/c1-3-19(24)23-11-10-14-12-15(8-9-18(14)23)20(25)22-13(2)16-6-4-5-7-17(16)21/h4-9,12-13H,3,10-11H2,1-2H3,(H,22,25). The van der Waals surface area contributed by atoms with Gasteiger partial charge in [-0.3, -0.25) is 9.59 Å². The Morgan fingerprint density at radius 3 is 2.72 bits per heavy atom. The van der Waals surface area contributed by atoms with E-state index in [4.69, 9.17) is 0 Å². The zero-order valence-electron chi connectivity index (χ0n) is 14.4. The highest BCUT2D eigenvalue weighted by Crippen LogP contribution is 2.29. The van der Waals surface area contributed by atoms with Crippen molar-refractivity contribution in [3.8, 4) is 0 Å². The van der Waals surface area contributed by atoms with Gasteiger partial charge in [0.1, 0.15) is 5.82 Å². The SMILES string of the molecule is CCC(=O)N1CCc2cc(C(=O)NC(C)c3ccccc3F)ccc21. The first-order valence-electron chi connectivity index (χ1n) is 8.49. The summed E-state index contributed by atoms with van der Waals surface area (Å²) in [6.07, 6.45) is 1.20. The lowest BCUT2D eigenvalue weighted by atomic mass is 10.1. The Morgan fingerprint density at radius 2 is 2.00 bits per heavy atom. The van der Waals surface area contributed by atoms with Crippen molar-refractivity contribution < 1.29 is 14.0 Å². The van der Waals surface area contributed by atoms with Gasteiger partial charge in [0.05, 0.1) is 6.04 Å². The molecule has 2 aromatic carbocycles. The molecule has 1 unspecified atom stereocenters. The van der Waals surface area contributed by atoms with Crippen LogP contribution in [0.4, 0.5) is 10.1 Å². The molecule has 25 heavy (non-hydrogen) atoms. The van der Waals surface area contributed by atoms with Gasteiger partial charge in [0.2, 0.25) is 5.91 Å². The first-order chi connectivity index (χ1) is 12.0. The lowest BCUT2D eigenvalue weighted by Gasteiger charge is -2.17. The Bertz CT molecular complexity index is 819. The molecule has 1 aliphatic rings. The third-order valence-corrected chi connectivity index (χ3v) is 4.56. The maximum Gasteiger partial charge on any atom is 0.251 e. The van der Waals surface area contributed by atoms with Crippen LogP contribution in [-0.4, -0.2) is 18.4 Å². The molecule has 1 N–H and O–H groups in total. The molecule has 5 heteroatoms. The van der Waals surface area contributed by atoms with E-state index in [9.17, 15) is 14.0 Å². The van der Waals surface area contributed by atoms with Gasteiger partial charge in [-0.05, 0) is 43.2 Å². The average molecular weight is 340 g/mol. The number of nitrogens with zero attached hydrogens (tertiary/aromatic N) is 1. The maximum absolute atomic E-state index is 13.8. The quantitative estimate of drug-likeness (QED) is 0.924. The molecule has 0 aromatic heterocycles. The highest BCUT2D eigenvalue weighted by atomic mass is 19.1. The van der Waals surface area contributed by atoms with Crippen molar-refractivity contribution in [2.45, 2.75) is 32.7 Å². The lowest BCUT2D eigenvalue weighted by Crippen LogP contribution is -2.28. The fourth-order valence-corrected chi connectivity index (χ4v) is 3.18. The second-order valence-electron chi connectivity index (χ2n) is 6.21. The summed E-state index contributed by atoms with van der Waals surface area (Å²) >= 11 is 0. The summed E-state index contributed by atoms with van der Waals surface area (Å²) in [6.45, 7) is 4.25. The van der Waals surface area contributed by atoms with Crippen LogP contribution in [0.25, 0.3) is 0 Å². The van der Waals surface area contributed by atoms with Gasteiger partial charge in [-0.25, -0.2) is 4.39 Å². The monoisotopic (exact) mass is 340 g/mol. The highest BCUT2D eigenvalue weighted by Gasteiger charge is 2.24. The van der Waals surface area contributed by atoms with Gasteiger partial charge in [0.25, 0.3) is 5.91 Å². The summed E-state index contributed by atoms with van der Waals surface area (Å²) in [4.78, 5) is 26.2. The zero-order valence-corrected chi connectivity index (χ0v) is 14.4. The summed E-state index contributed by atoms with van der Waals surface area (Å²) in [7, 11) is 0. The number of carbonyl (C=O) groups excluding carboxylic acids is 2. The highest BCUT2D eigenvalue weighted by molar-refractivity contribution is 5.98. The summed E-state index contributed by atoms with van der Waals surface area (Å²) in [5.41, 5.74) is 2.85. The fraction of sp³-hybridized carbons (Fsp3) is 0.300. The van der Waals surface area contributed by atoms with Crippen molar-refractivity contribution in [3.63, 3.8) is 0 Å². The van der Waals surface area contributed by atoms with Gasteiger partial charge in [-0.1, -0.05) is 25.1 Å². The number of anilines is 1. The summed E-state index contributed by atoms with van der Waals surface area (Å²) in [5, 5.41) is 2.83. The smallest absolute Gasteiger partial charge is 0.251 e. The van der Waals surface area contributed by atoms with Gasteiger partial charge < -0.3 is 10.2 Å². The molecule has 1 heterocycles. The molecule has 0 fully saturated rings. The number of fused-ring (bicyclic) bond motifs is 1. The third kappa shape index (κ3) is 3.40. The molecule has 2 aromatic rings. The molecule has 1 atom stereocenters. The summed E-state index contributed by atoms with van der Waals surface area (Å²) in [5.74, 6) is -0.499. The van der Waals surface area contributed by atoms with Crippen LogP contribution in [0.1, 0.15) is 47.8 Å². The van der Waals surface area contributed by atoms with E-state index in [-0.39, 0.29) is 17.6 Å². The molecule has 1 aliphatic heterocycles. The molecule has 0 saturated carbocycles. The predicted octanol–water partition coefficient (Wildman–Crippen LogP) is 3.62. The Labute approximate surface area is 146 Å². The van der Waals surface area contributed by atoms with Crippen molar-refractivity contribution in [3.05, 3.63) is 65.0 Å². The largest absolute Gasteiger partial charge is 0.345 e. The first-order valence-corrected chi connectivity index (χ1v) is 8.49. The van der Waals surface area contributed by atoms with E-state index in [1.165, 1.54) is 6.07 Å². The Hall–Kier alpha value is -2.69. The van der Waals surface area contributed by atoms with Crippen LogP contribution in [0.5, 0.6) is 0 Å². The van der Waals surface area contributed by atoms with E-state index >= 15 is 0 Å². The van der Waals surface area contributed by atoms with E-state index in [0.29, 0.717) is 24.1 Å². The second kappa shape index (κ2) is 7.05. The van der Waals surface area contributed by atoms with E-state index in [1.807, 2.05) is 19.1 Å². The van der Waals surface area contributed by atoms with Crippen molar-refractivity contribution >= 4 is 17.5 Å². The van der Waals surface area contributed by atoms with Gasteiger partial charge in [0, 0.05) is 29.8 Å². The topological polar surface area (TPSA) is 49.4 Å². The minimum Gasteiger partial charge on any atom is -0.345 e. The van der Waals surface area contributed by atoms with E-state index in [0.717, 1.165) is 17.7 Å². The predicted molar refractivity (Wildman–Crippen MR) is 95.1 cm³/mol. The number of hydrogen-bond donors (Lipinski definition) is 1. The maximum atomic E-state index is 13.8. The van der Waals surface area contributed by atoms with Crippen LogP contribution >= 0.6 is 0 Å². The first kappa shape index (κ1) is 17.1. The Morgan fingerprint density at radius 1 is 1.24 bits per heavy atom. The van der Waals surface area contributed by atoms with Gasteiger partial charge in [-0.2, -0.15) is 0 Å². The van der Waals surface area contributed by atoms with Gasteiger partial charge in [-0.15, -0.1) is 0 Å². The van der Waals surface area contributed by atoms with Crippen LogP contribution in [-0.2, 0) is 11.2 Å². The van der Waals surface area contributed by atoms with Crippen molar-refractivity contribution in [1.29, 1.82) is 0 Å². The van der Waals surface area contributed by atoms with Gasteiger partial charge in [0.15, 0.2) is 0 Å². The van der Waals surface area contributed by atoms with Crippen molar-refractivity contribution in [2.24, 2.45) is 0 Å². The fourth-order valence-electron chi connectivity index (χ4n) is 3.18. The summed E-state index contributed by atoms with van der Waals surface area (Å²) < 4.78 is 13.8. The lowest BCUT2D eigenvalue weighted by molar-refractivity contribution is -0.118. The van der Waals surface area contributed by atoms with E-state index < -0.39 is 6.04 Å². The molecule has 0 spiro atoms. The van der Waals surface area contributed by atoms with Crippen LogP contribution in [0.15, 0.2) is 42.5 Å². The summed E-state index contributed by atoms with van der Waals surface area (Å²) in [6, 6.07) is 11.3. The molecule has 0 aliphatic carbocycles. The molecule has 0 bridgehead atoms. The minimum absolute atomic E-state index is 0.0872. The van der Waals surface area contributed by atoms with Crippen LogP contribution in [0.3, 0.4) is 0 Å². The van der Waals surface area contributed by atoms with Crippen LogP contribution < -0.4 is 10.2 Å². The van der Waals surface area contributed by atoms with E-state index in [1.54, 1.807) is 36.1 Å². The normalized spacial score (nSPS) is 14.1. The zero-order chi connectivity index (χ0) is 18.0. The number of nitrogens with one attached hydrogen (secondary N) is 1. The number of benzene rings is 2. The second-order valence-corrected chi connectivity index (χ2v) is 6.21. The van der Waals surface area contributed by atoms with Crippen molar-refractivity contribution in [2.75, 3.05) is 11.4 Å². The third-order valence-electron chi connectivity index (χ3n) is 4.56. The molecule has 3 rings (SSSR count). The average Bonchev–Trinajstić information content (AvgIpc) is 3.04. The number of rotatable bonds is 4. The molecular weight excluding hydrogens is 319 g/mol. The molecule has 130 valence electrons. The van der Waals surface area contributed by atoms with Crippen LogP contribution in [0, 0.1) is 5.82 Å². The minimum atomic E-state index is -0.430. The molecule has 2 amide bonds.